The third-order valence-corrected chi connectivity index (χ3v) is 4.29. The van der Waals surface area contributed by atoms with Crippen LogP contribution in [0.15, 0.2) is 52.4 Å². The number of ether oxygens (including phenoxy) is 1. The van der Waals surface area contributed by atoms with Crippen LogP contribution in [-0.4, -0.2) is 26.8 Å². The van der Waals surface area contributed by atoms with Gasteiger partial charge in [-0.2, -0.15) is 0 Å². The summed E-state index contributed by atoms with van der Waals surface area (Å²) in [6.07, 6.45) is 1.55. The first-order chi connectivity index (χ1) is 10.8. The summed E-state index contributed by atoms with van der Waals surface area (Å²) in [4.78, 5) is 4.43. The predicted molar refractivity (Wildman–Crippen MR) is 88.5 cm³/mol. The van der Waals surface area contributed by atoms with Crippen molar-refractivity contribution in [2.24, 2.45) is 10.1 Å². The fourth-order valence-corrected chi connectivity index (χ4v) is 2.49. The molecule has 0 amide bonds. The third-order valence-electron chi connectivity index (χ3n) is 3.36. The van der Waals surface area contributed by atoms with E-state index in [4.69, 9.17) is 9.88 Å². The van der Waals surface area contributed by atoms with Crippen LogP contribution in [0.5, 0.6) is 11.5 Å². The smallest absolute Gasteiger partial charge is 0.238 e. The highest BCUT2D eigenvalue weighted by atomic mass is 32.2. The summed E-state index contributed by atoms with van der Waals surface area (Å²) in [5.41, 5.74) is 1.37. The van der Waals surface area contributed by atoms with Crippen LogP contribution in [-0.2, 0) is 10.0 Å². The first kappa shape index (κ1) is 17.0. The summed E-state index contributed by atoms with van der Waals surface area (Å²) < 4.78 is 27.6. The average Bonchev–Trinajstić information content (AvgIpc) is 2.53. The lowest BCUT2D eigenvalue weighted by Crippen LogP contribution is -2.12. The van der Waals surface area contributed by atoms with Gasteiger partial charge in [-0.15, -0.1) is 0 Å². The quantitative estimate of drug-likeness (QED) is 0.818. The molecule has 0 aliphatic heterocycles. The number of aromatic hydroxyl groups is 1. The molecule has 0 saturated heterocycles. The van der Waals surface area contributed by atoms with E-state index in [1.165, 1.54) is 18.2 Å². The molecule has 0 radical (unpaired) electrons. The molecule has 0 aliphatic rings. The van der Waals surface area contributed by atoms with Crippen LogP contribution < -0.4 is 9.88 Å². The molecule has 0 fully saturated rings. The minimum atomic E-state index is -3.70. The Kier molecular flexibility index (Phi) is 5.02. The van der Waals surface area contributed by atoms with Crippen molar-refractivity contribution in [3.63, 3.8) is 0 Å². The molecule has 122 valence electrons. The normalized spacial score (nSPS) is 13.2. The standard InChI is InChI=1S/C16H18N2O4S/c1-11(12-3-6-15(7-4-12)23(17,20)21)18-10-13-9-14(22-2)5-8-16(13)19/h3-11,19H,1-2H3,(H2,17,20,21)/t11-/m1/s1. The Morgan fingerprint density at radius 2 is 1.87 bits per heavy atom. The van der Waals surface area contributed by atoms with Gasteiger partial charge in [0.05, 0.1) is 18.0 Å². The van der Waals surface area contributed by atoms with Crippen LogP contribution in [0.4, 0.5) is 0 Å². The molecule has 0 aromatic heterocycles. The number of phenolic OH excluding ortho intramolecular Hbond substituents is 1. The molecular weight excluding hydrogens is 316 g/mol. The van der Waals surface area contributed by atoms with Crippen molar-refractivity contribution < 1.29 is 18.3 Å². The van der Waals surface area contributed by atoms with Gasteiger partial charge in [-0.25, -0.2) is 13.6 Å². The number of phenols is 1. The van der Waals surface area contributed by atoms with E-state index in [9.17, 15) is 13.5 Å². The van der Waals surface area contributed by atoms with Gasteiger partial charge < -0.3 is 9.84 Å². The third kappa shape index (κ3) is 4.30. The van der Waals surface area contributed by atoms with Crippen LogP contribution >= 0.6 is 0 Å². The maximum atomic E-state index is 11.2. The minimum Gasteiger partial charge on any atom is -0.507 e. The monoisotopic (exact) mass is 334 g/mol. The molecule has 0 aliphatic carbocycles. The van der Waals surface area contributed by atoms with Crippen molar-refractivity contribution in [2.75, 3.05) is 7.11 Å². The molecule has 0 spiro atoms. The van der Waals surface area contributed by atoms with Gasteiger partial charge in [-0.3, -0.25) is 4.99 Å². The van der Waals surface area contributed by atoms with Crippen molar-refractivity contribution in [3.05, 3.63) is 53.6 Å². The molecule has 2 aromatic rings. The van der Waals surface area contributed by atoms with Gasteiger partial charge in [0, 0.05) is 11.8 Å². The highest BCUT2D eigenvalue weighted by Crippen LogP contribution is 2.23. The number of nitrogens with zero attached hydrogens (tertiary/aromatic N) is 1. The molecule has 2 rings (SSSR count). The van der Waals surface area contributed by atoms with E-state index in [0.717, 1.165) is 5.56 Å². The first-order valence-corrected chi connectivity index (χ1v) is 8.39. The summed E-state index contributed by atoms with van der Waals surface area (Å²) >= 11 is 0. The summed E-state index contributed by atoms with van der Waals surface area (Å²) in [5, 5.41) is 14.9. The summed E-state index contributed by atoms with van der Waals surface area (Å²) in [6.45, 7) is 1.86. The van der Waals surface area contributed by atoms with E-state index in [0.29, 0.717) is 11.3 Å². The number of methoxy groups -OCH3 is 1. The molecule has 2 aromatic carbocycles. The molecule has 0 heterocycles. The molecule has 6 nitrogen and oxygen atoms in total. The molecule has 1 atom stereocenters. The van der Waals surface area contributed by atoms with E-state index >= 15 is 0 Å². The van der Waals surface area contributed by atoms with Gasteiger partial charge in [-0.05, 0) is 42.8 Å². The van der Waals surface area contributed by atoms with E-state index in [2.05, 4.69) is 4.99 Å². The molecule has 0 unspecified atom stereocenters. The van der Waals surface area contributed by atoms with Gasteiger partial charge in [0.1, 0.15) is 11.5 Å². The van der Waals surface area contributed by atoms with E-state index < -0.39 is 10.0 Å². The van der Waals surface area contributed by atoms with Gasteiger partial charge in [0.25, 0.3) is 0 Å². The molecule has 3 N–H and O–H groups in total. The number of primary sulfonamides is 1. The highest BCUT2D eigenvalue weighted by molar-refractivity contribution is 7.89. The van der Waals surface area contributed by atoms with Crippen LogP contribution in [0.2, 0.25) is 0 Å². The molecule has 0 saturated carbocycles. The van der Waals surface area contributed by atoms with Crippen molar-refractivity contribution in [1.82, 2.24) is 0 Å². The lowest BCUT2D eigenvalue weighted by atomic mass is 10.1. The van der Waals surface area contributed by atoms with Crippen LogP contribution in [0.3, 0.4) is 0 Å². The number of nitrogens with two attached hydrogens (primary N) is 1. The number of hydrogen-bond donors (Lipinski definition) is 2. The summed E-state index contributed by atoms with van der Waals surface area (Å²) in [5.74, 6) is 0.723. The largest absolute Gasteiger partial charge is 0.507 e. The Labute approximate surface area is 135 Å². The zero-order chi connectivity index (χ0) is 17.0. The maximum Gasteiger partial charge on any atom is 0.238 e. The van der Waals surface area contributed by atoms with Gasteiger partial charge >= 0.3 is 0 Å². The number of benzene rings is 2. The lowest BCUT2D eigenvalue weighted by molar-refractivity contribution is 0.412. The summed E-state index contributed by atoms with van der Waals surface area (Å²) in [7, 11) is -2.15. The second-order valence-electron chi connectivity index (χ2n) is 4.99. The second kappa shape index (κ2) is 6.80. The molecule has 7 heteroatoms. The minimum absolute atomic E-state index is 0.0582. The number of rotatable bonds is 5. The highest BCUT2D eigenvalue weighted by Gasteiger charge is 2.09. The van der Waals surface area contributed by atoms with Crippen LogP contribution in [0.1, 0.15) is 24.1 Å². The fraction of sp³-hybridized carbons (Fsp3) is 0.188. The van der Waals surface area contributed by atoms with Crippen molar-refractivity contribution in [3.8, 4) is 11.5 Å². The van der Waals surface area contributed by atoms with Crippen LogP contribution in [0, 0.1) is 0 Å². The van der Waals surface area contributed by atoms with Gasteiger partial charge in [0.15, 0.2) is 0 Å². The fourth-order valence-electron chi connectivity index (χ4n) is 1.98. The number of hydrogen-bond acceptors (Lipinski definition) is 5. The molecule has 23 heavy (non-hydrogen) atoms. The van der Waals surface area contributed by atoms with Crippen molar-refractivity contribution in [2.45, 2.75) is 17.9 Å². The van der Waals surface area contributed by atoms with Crippen molar-refractivity contribution in [1.29, 1.82) is 0 Å². The topological polar surface area (TPSA) is 102 Å². The SMILES string of the molecule is COc1ccc(O)c(C=N[C@H](C)c2ccc(S(N)(=O)=O)cc2)c1. The Hall–Kier alpha value is -2.38. The first-order valence-electron chi connectivity index (χ1n) is 6.84. The second-order valence-corrected chi connectivity index (χ2v) is 6.55. The summed E-state index contributed by atoms with van der Waals surface area (Å²) in [6, 6.07) is 10.9. The molecular formula is C16H18N2O4S. The van der Waals surface area contributed by atoms with Crippen molar-refractivity contribution >= 4 is 16.2 Å². The maximum absolute atomic E-state index is 11.2. The predicted octanol–water partition coefficient (Wildman–Crippen LogP) is 2.23. The zero-order valence-corrected chi connectivity index (χ0v) is 13.6. The Morgan fingerprint density at radius 1 is 1.22 bits per heavy atom. The zero-order valence-electron chi connectivity index (χ0n) is 12.8. The van der Waals surface area contributed by atoms with Gasteiger partial charge in [0.2, 0.25) is 10.0 Å². The number of aliphatic imine (C=N–C) groups is 1. The van der Waals surface area contributed by atoms with E-state index in [-0.39, 0.29) is 16.7 Å². The number of sulfonamides is 1. The van der Waals surface area contributed by atoms with Crippen LogP contribution in [0.25, 0.3) is 0 Å². The van der Waals surface area contributed by atoms with E-state index in [1.54, 1.807) is 37.6 Å². The van der Waals surface area contributed by atoms with Gasteiger partial charge in [-0.1, -0.05) is 12.1 Å². The lowest BCUT2D eigenvalue weighted by Gasteiger charge is -2.08. The Balaban J connectivity index is 2.20. The average molecular weight is 334 g/mol. The Bertz CT molecular complexity index is 814. The molecule has 0 bridgehead atoms. The van der Waals surface area contributed by atoms with E-state index in [1.807, 2.05) is 6.92 Å². The Morgan fingerprint density at radius 3 is 2.43 bits per heavy atom.